The molecule has 6 N–H and O–H groups in total. The molecule has 2 saturated heterocycles. The van der Waals surface area contributed by atoms with Crippen molar-refractivity contribution < 1.29 is 28.0 Å². The van der Waals surface area contributed by atoms with E-state index in [1.54, 1.807) is 62.3 Å². The second-order valence-electron chi connectivity index (χ2n) is 16.7. The minimum atomic E-state index is -0.893. The molecular formula is C44H54F2N14O4. The largest absolute Gasteiger partial charge is 0.351 e. The third-order valence-corrected chi connectivity index (χ3v) is 12.5. The van der Waals surface area contributed by atoms with Crippen molar-refractivity contribution in [2.24, 2.45) is 0 Å². The van der Waals surface area contributed by atoms with Crippen LogP contribution in [0.15, 0.2) is 61.4 Å². The Morgan fingerprint density at radius 2 is 1.11 bits per heavy atom. The first-order valence-corrected chi connectivity index (χ1v) is 21.8. The lowest BCUT2D eigenvalue weighted by atomic mass is 10.1. The van der Waals surface area contributed by atoms with Crippen molar-refractivity contribution in [1.82, 2.24) is 70.1 Å². The summed E-state index contributed by atoms with van der Waals surface area (Å²) in [7, 11) is 3.35. The maximum atomic E-state index is 14.9. The third kappa shape index (κ3) is 9.23. The van der Waals surface area contributed by atoms with Gasteiger partial charge in [-0.25, -0.2) is 28.7 Å². The number of rotatable bonds is 17. The first-order valence-electron chi connectivity index (χ1n) is 21.8. The van der Waals surface area contributed by atoms with Crippen molar-refractivity contribution >= 4 is 45.7 Å². The average molecular weight is 881 g/mol. The highest BCUT2D eigenvalue weighted by Crippen LogP contribution is 2.33. The van der Waals surface area contributed by atoms with E-state index in [1.807, 2.05) is 9.13 Å². The Kier molecular flexibility index (Phi) is 13.1. The summed E-state index contributed by atoms with van der Waals surface area (Å²) in [5.74, 6) is -1.36. The van der Waals surface area contributed by atoms with Gasteiger partial charge in [-0.3, -0.25) is 19.2 Å². The van der Waals surface area contributed by atoms with Crippen molar-refractivity contribution in [3.8, 4) is 11.6 Å². The van der Waals surface area contributed by atoms with Gasteiger partial charge in [-0.05, 0) is 77.9 Å². The van der Waals surface area contributed by atoms with E-state index in [1.165, 1.54) is 36.9 Å². The van der Waals surface area contributed by atoms with Gasteiger partial charge in [-0.2, -0.15) is 0 Å². The monoisotopic (exact) mass is 880 g/mol. The Morgan fingerprint density at radius 1 is 0.688 bits per heavy atom. The molecule has 2 aromatic carbocycles. The number of halogens is 2. The van der Waals surface area contributed by atoms with E-state index in [9.17, 15) is 28.0 Å². The molecule has 64 heavy (non-hydrogen) atoms. The van der Waals surface area contributed by atoms with Gasteiger partial charge >= 0.3 is 0 Å². The van der Waals surface area contributed by atoms with Crippen molar-refractivity contribution in [3.05, 3.63) is 84.5 Å². The predicted octanol–water partition coefficient (Wildman–Crippen LogP) is 2.43. The molecule has 0 spiro atoms. The molecule has 338 valence electrons. The SMILES string of the molecule is CN[C@H](C)C(=O)N[C@H](Cc1c[nH]cn1)C(=O)N1CCC[C@H]1Cn1c(-c2nc3cc(F)ccc3n2C[C@@H]2CCCN2C(=O)[C@@H](Cc2c[nH]cn2)NC(=O)[C@@H](C)NC)nc2cc(F)ccc21. The molecule has 6 atom stereocenters. The molecule has 18 nitrogen and oxygen atoms in total. The van der Waals surface area contributed by atoms with Crippen LogP contribution in [0.3, 0.4) is 0 Å². The van der Waals surface area contributed by atoms with Crippen LogP contribution in [0.4, 0.5) is 8.78 Å². The number of H-pyrrole nitrogens is 2. The van der Waals surface area contributed by atoms with Crippen LogP contribution in [0, 0.1) is 11.6 Å². The van der Waals surface area contributed by atoms with Crippen LogP contribution in [0.25, 0.3) is 33.7 Å². The van der Waals surface area contributed by atoms with Crippen LogP contribution in [-0.4, -0.2) is 136 Å². The van der Waals surface area contributed by atoms with Gasteiger partial charge in [0.2, 0.25) is 23.6 Å². The summed E-state index contributed by atoms with van der Waals surface area (Å²) >= 11 is 0. The lowest BCUT2D eigenvalue weighted by Crippen LogP contribution is -2.54. The molecule has 8 rings (SSSR count). The van der Waals surface area contributed by atoms with E-state index in [0.29, 0.717) is 83.9 Å². The molecule has 2 aliphatic rings. The van der Waals surface area contributed by atoms with Crippen LogP contribution in [0.5, 0.6) is 0 Å². The van der Waals surface area contributed by atoms with Gasteiger partial charge in [0, 0.05) is 75.6 Å². The molecule has 0 radical (unpaired) electrons. The molecule has 4 amide bonds. The second-order valence-corrected chi connectivity index (χ2v) is 16.7. The van der Waals surface area contributed by atoms with Crippen LogP contribution in [0.1, 0.15) is 50.9 Å². The number of benzene rings is 2. The number of aromatic nitrogens is 8. The van der Waals surface area contributed by atoms with Gasteiger partial charge in [0.25, 0.3) is 0 Å². The van der Waals surface area contributed by atoms with Crippen LogP contribution in [-0.2, 0) is 45.1 Å². The van der Waals surface area contributed by atoms with E-state index in [2.05, 4.69) is 41.2 Å². The summed E-state index contributed by atoms with van der Waals surface area (Å²) in [5, 5.41) is 11.7. The van der Waals surface area contributed by atoms with Gasteiger partial charge in [0.15, 0.2) is 11.6 Å². The molecule has 0 bridgehead atoms. The standard InChI is InChI=1S/C44H54F2N14O4/c1-25(47-3)41(61)55-35(17-29-19-49-23-51-29)43(63)57-13-5-7-31(57)21-59-37-11-9-27(45)15-33(37)53-39(59)40-54-34-16-28(46)10-12-38(34)60(40)22-32-8-6-14-58(32)44(64)36(18-30-20-50-24-52-30)56-42(62)26(2)48-4/h9-12,15-16,19-20,23-26,31-32,35-36,47-48H,5-8,13-14,17-18,21-22H2,1-4H3,(H,49,51)(H,50,52)(H,55,61)(H,56,62)/t25-,26-,31+,32+,35-,36-/m1/s1. The quantitative estimate of drug-likeness (QED) is 0.0787. The summed E-state index contributed by atoms with van der Waals surface area (Å²) < 4.78 is 33.7. The van der Waals surface area contributed by atoms with E-state index in [0.717, 1.165) is 0 Å². The van der Waals surface area contributed by atoms with Crippen LogP contribution in [0.2, 0.25) is 0 Å². The number of nitrogens with one attached hydrogen (secondary N) is 6. The zero-order valence-electron chi connectivity index (χ0n) is 36.3. The van der Waals surface area contributed by atoms with Crippen LogP contribution >= 0.6 is 0 Å². The number of hydrogen-bond acceptors (Lipinski definition) is 10. The summed E-state index contributed by atoms with van der Waals surface area (Å²) in [5.41, 5.74) is 3.19. The van der Waals surface area contributed by atoms with E-state index in [-0.39, 0.29) is 61.6 Å². The molecule has 2 aliphatic heterocycles. The molecule has 6 heterocycles. The second kappa shape index (κ2) is 19.1. The number of carbonyl (C=O) groups excluding carboxylic acids is 4. The van der Waals surface area contributed by atoms with Crippen LogP contribution < -0.4 is 21.3 Å². The Hall–Kier alpha value is -6.54. The Balaban J connectivity index is 1.14. The fraction of sp³-hybridized carbons (Fsp3) is 0.455. The van der Waals surface area contributed by atoms with Gasteiger partial charge in [-0.15, -0.1) is 0 Å². The zero-order valence-corrected chi connectivity index (χ0v) is 36.3. The fourth-order valence-corrected chi connectivity index (χ4v) is 8.85. The Morgan fingerprint density at radius 3 is 1.48 bits per heavy atom. The minimum absolute atomic E-state index is 0.179. The number of nitrogens with zero attached hydrogens (tertiary/aromatic N) is 8. The number of aromatic amines is 2. The summed E-state index contributed by atoms with van der Waals surface area (Å²) in [6.07, 6.45) is 9.51. The molecular weight excluding hydrogens is 827 g/mol. The molecule has 4 aromatic heterocycles. The van der Waals surface area contributed by atoms with Gasteiger partial charge in [-0.1, -0.05) is 0 Å². The van der Waals surface area contributed by atoms with Gasteiger partial charge in [0.05, 0.1) is 58.2 Å². The number of likely N-dealkylation sites (N-methyl/N-ethyl adjacent to an activating group) is 2. The molecule has 20 heteroatoms. The molecule has 2 fully saturated rings. The van der Waals surface area contributed by atoms with E-state index >= 15 is 0 Å². The highest BCUT2D eigenvalue weighted by molar-refractivity contribution is 5.91. The number of fused-ring (bicyclic) bond motifs is 2. The lowest BCUT2D eigenvalue weighted by Gasteiger charge is -2.31. The summed E-state index contributed by atoms with van der Waals surface area (Å²) in [6, 6.07) is 5.14. The minimum Gasteiger partial charge on any atom is -0.351 e. The number of hydrogen-bond donors (Lipinski definition) is 6. The van der Waals surface area contributed by atoms with Crippen molar-refractivity contribution in [2.75, 3.05) is 27.2 Å². The van der Waals surface area contributed by atoms with Gasteiger partial charge in [0.1, 0.15) is 23.7 Å². The highest BCUT2D eigenvalue weighted by atomic mass is 19.1. The summed E-state index contributed by atoms with van der Waals surface area (Å²) in [6.45, 7) is 4.85. The number of imidazole rings is 4. The normalized spacial score (nSPS) is 18.4. The lowest BCUT2D eigenvalue weighted by molar-refractivity contribution is -0.137. The Bertz CT molecular complexity index is 2430. The van der Waals surface area contributed by atoms with E-state index in [4.69, 9.17) is 9.97 Å². The first-order chi connectivity index (χ1) is 30.9. The smallest absolute Gasteiger partial charge is 0.245 e. The Labute approximate surface area is 368 Å². The average Bonchev–Trinajstić information content (AvgIpc) is 4.16. The first kappa shape index (κ1) is 44.1. The third-order valence-electron chi connectivity index (χ3n) is 12.5. The maximum absolute atomic E-state index is 14.9. The molecule has 0 saturated carbocycles. The molecule has 0 unspecified atom stereocenters. The van der Waals surface area contributed by atoms with Crippen molar-refractivity contribution in [2.45, 2.75) is 102 Å². The van der Waals surface area contributed by atoms with E-state index < -0.39 is 35.8 Å². The maximum Gasteiger partial charge on any atom is 0.245 e. The van der Waals surface area contributed by atoms with Crippen molar-refractivity contribution in [3.63, 3.8) is 0 Å². The number of amides is 4. The number of carbonyl (C=O) groups is 4. The highest BCUT2D eigenvalue weighted by Gasteiger charge is 2.38. The predicted molar refractivity (Wildman–Crippen MR) is 233 cm³/mol. The zero-order chi connectivity index (χ0) is 45.1. The van der Waals surface area contributed by atoms with Gasteiger partial charge < -0.3 is 50.2 Å². The summed E-state index contributed by atoms with van der Waals surface area (Å²) in [4.78, 5) is 83.3. The number of likely N-dealkylation sites (tertiary alicyclic amines) is 2. The molecule has 0 aliphatic carbocycles. The topological polar surface area (TPSA) is 216 Å². The molecule has 6 aromatic rings. The van der Waals surface area contributed by atoms with Crippen molar-refractivity contribution in [1.29, 1.82) is 0 Å². The fourth-order valence-electron chi connectivity index (χ4n) is 8.85.